The minimum atomic E-state index is -0.0513. The molecule has 22 heavy (non-hydrogen) atoms. The van der Waals surface area contributed by atoms with Gasteiger partial charge in [0.2, 0.25) is 0 Å². The fourth-order valence-corrected chi connectivity index (χ4v) is 2.61. The minimum absolute atomic E-state index is 0.0513. The fourth-order valence-electron chi connectivity index (χ4n) is 2.61. The van der Waals surface area contributed by atoms with Gasteiger partial charge < -0.3 is 16.0 Å². The Kier molecular flexibility index (Phi) is 6.74. The lowest BCUT2D eigenvalue weighted by atomic mass is 10.2. The molecule has 0 aromatic heterocycles. The summed E-state index contributed by atoms with van der Waals surface area (Å²) in [6.07, 6.45) is 5.03. The highest BCUT2D eigenvalue weighted by molar-refractivity contribution is 5.94. The largest absolute Gasteiger partial charge is 0.357 e. The third-order valence-corrected chi connectivity index (χ3v) is 3.74. The summed E-state index contributed by atoms with van der Waals surface area (Å²) in [5.41, 5.74) is 0.683. The molecule has 0 bridgehead atoms. The van der Waals surface area contributed by atoms with Crippen molar-refractivity contribution in [3.8, 4) is 0 Å². The van der Waals surface area contributed by atoms with E-state index in [0.29, 0.717) is 24.7 Å². The molecule has 2 rings (SSSR count). The van der Waals surface area contributed by atoms with Gasteiger partial charge in [-0.15, -0.1) is 0 Å². The third-order valence-electron chi connectivity index (χ3n) is 3.74. The quantitative estimate of drug-likeness (QED) is 0.427. The van der Waals surface area contributed by atoms with Crippen LogP contribution in [0.3, 0.4) is 0 Å². The Labute approximate surface area is 132 Å². The summed E-state index contributed by atoms with van der Waals surface area (Å²) in [4.78, 5) is 16.4. The van der Waals surface area contributed by atoms with Crippen molar-refractivity contribution in [1.29, 1.82) is 0 Å². The van der Waals surface area contributed by atoms with Crippen molar-refractivity contribution in [1.82, 2.24) is 16.0 Å². The lowest BCUT2D eigenvalue weighted by Gasteiger charge is -2.16. The predicted octanol–water partition coefficient (Wildman–Crippen LogP) is 1.91. The standard InChI is InChI=1S/C17H26N4O/c1-2-18-17(21-15-10-6-7-11-15)20-13-12-19-16(22)14-8-4-3-5-9-14/h3-5,8-9,15H,2,6-7,10-13H2,1H3,(H,19,22)(H2,18,20,21). The molecule has 0 aliphatic heterocycles. The Morgan fingerprint density at radius 2 is 1.91 bits per heavy atom. The highest BCUT2D eigenvalue weighted by atomic mass is 16.1. The smallest absolute Gasteiger partial charge is 0.251 e. The van der Waals surface area contributed by atoms with Crippen LogP contribution < -0.4 is 16.0 Å². The summed E-state index contributed by atoms with van der Waals surface area (Å²) in [5.74, 6) is 0.799. The third kappa shape index (κ3) is 5.39. The van der Waals surface area contributed by atoms with E-state index in [1.807, 2.05) is 30.3 Å². The van der Waals surface area contributed by atoms with Crippen molar-refractivity contribution >= 4 is 11.9 Å². The first-order chi connectivity index (χ1) is 10.8. The molecule has 5 nitrogen and oxygen atoms in total. The van der Waals surface area contributed by atoms with Gasteiger partial charge in [0.05, 0.1) is 6.54 Å². The Hall–Kier alpha value is -2.04. The molecule has 5 heteroatoms. The normalized spacial score (nSPS) is 15.6. The van der Waals surface area contributed by atoms with E-state index < -0.39 is 0 Å². The SMILES string of the molecule is CCNC(=NCCNC(=O)c1ccccc1)NC1CCCC1. The van der Waals surface area contributed by atoms with Crippen molar-refractivity contribution < 1.29 is 4.79 Å². The summed E-state index contributed by atoms with van der Waals surface area (Å²) in [6, 6.07) is 9.79. The molecule has 3 N–H and O–H groups in total. The molecule has 1 aromatic carbocycles. The van der Waals surface area contributed by atoms with Gasteiger partial charge in [0.15, 0.2) is 5.96 Å². The van der Waals surface area contributed by atoms with Crippen LogP contribution in [-0.2, 0) is 0 Å². The van der Waals surface area contributed by atoms with E-state index in [2.05, 4.69) is 27.9 Å². The minimum Gasteiger partial charge on any atom is -0.357 e. The van der Waals surface area contributed by atoms with Gasteiger partial charge in [-0.25, -0.2) is 0 Å². The first-order valence-corrected chi connectivity index (χ1v) is 8.17. The van der Waals surface area contributed by atoms with Gasteiger partial charge in [-0.1, -0.05) is 31.0 Å². The molecule has 1 aliphatic carbocycles. The van der Waals surface area contributed by atoms with Gasteiger partial charge in [-0.05, 0) is 31.9 Å². The second-order valence-corrected chi connectivity index (χ2v) is 5.51. The molecule has 120 valence electrons. The van der Waals surface area contributed by atoms with Crippen LogP contribution in [0, 0.1) is 0 Å². The molecule has 1 saturated carbocycles. The molecule has 1 aromatic rings. The van der Waals surface area contributed by atoms with Crippen LogP contribution in [-0.4, -0.2) is 37.5 Å². The van der Waals surface area contributed by atoms with Crippen molar-refractivity contribution in [3.63, 3.8) is 0 Å². The average Bonchev–Trinajstić information content (AvgIpc) is 3.05. The molecule has 0 unspecified atom stereocenters. The zero-order chi connectivity index (χ0) is 15.6. The van der Waals surface area contributed by atoms with E-state index in [9.17, 15) is 4.79 Å². The number of carbonyl (C=O) groups excluding carboxylic acids is 1. The maximum absolute atomic E-state index is 11.9. The molecule has 1 fully saturated rings. The molecule has 1 aliphatic rings. The summed E-state index contributed by atoms with van der Waals surface area (Å²) in [7, 11) is 0. The maximum atomic E-state index is 11.9. The van der Waals surface area contributed by atoms with Crippen molar-refractivity contribution in [2.45, 2.75) is 38.6 Å². The topological polar surface area (TPSA) is 65.5 Å². The lowest BCUT2D eigenvalue weighted by molar-refractivity contribution is 0.0955. The van der Waals surface area contributed by atoms with Gasteiger partial charge in [0.1, 0.15) is 0 Å². The van der Waals surface area contributed by atoms with Gasteiger partial charge in [0.25, 0.3) is 5.91 Å². The number of aliphatic imine (C=N–C) groups is 1. The van der Waals surface area contributed by atoms with E-state index in [1.165, 1.54) is 25.7 Å². The van der Waals surface area contributed by atoms with Gasteiger partial charge in [-0.3, -0.25) is 9.79 Å². The number of rotatable bonds is 6. The molecule has 0 saturated heterocycles. The van der Waals surface area contributed by atoms with Crippen LogP contribution in [0.5, 0.6) is 0 Å². The van der Waals surface area contributed by atoms with Crippen molar-refractivity contribution in [2.24, 2.45) is 4.99 Å². The second-order valence-electron chi connectivity index (χ2n) is 5.51. The van der Waals surface area contributed by atoms with Crippen LogP contribution in [0.25, 0.3) is 0 Å². The van der Waals surface area contributed by atoms with Gasteiger partial charge in [-0.2, -0.15) is 0 Å². The van der Waals surface area contributed by atoms with E-state index >= 15 is 0 Å². The predicted molar refractivity (Wildman–Crippen MR) is 90.1 cm³/mol. The van der Waals surface area contributed by atoms with Gasteiger partial charge in [0, 0.05) is 24.7 Å². The van der Waals surface area contributed by atoms with Gasteiger partial charge >= 0.3 is 0 Å². The van der Waals surface area contributed by atoms with E-state index in [0.717, 1.165) is 12.5 Å². The number of amides is 1. The molecule has 0 spiro atoms. The van der Waals surface area contributed by atoms with Crippen LogP contribution in [0.1, 0.15) is 43.0 Å². The lowest BCUT2D eigenvalue weighted by Crippen LogP contribution is -2.42. The number of hydrogen-bond acceptors (Lipinski definition) is 2. The van der Waals surface area contributed by atoms with E-state index in [-0.39, 0.29) is 5.91 Å². The van der Waals surface area contributed by atoms with Crippen molar-refractivity contribution in [3.05, 3.63) is 35.9 Å². The van der Waals surface area contributed by atoms with Crippen LogP contribution in [0.4, 0.5) is 0 Å². The van der Waals surface area contributed by atoms with Crippen LogP contribution in [0.15, 0.2) is 35.3 Å². The van der Waals surface area contributed by atoms with Crippen molar-refractivity contribution in [2.75, 3.05) is 19.6 Å². The number of carbonyl (C=O) groups is 1. The Bertz CT molecular complexity index is 481. The van der Waals surface area contributed by atoms with E-state index in [4.69, 9.17) is 0 Å². The molecule has 0 heterocycles. The number of nitrogens with zero attached hydrogens (tertiary/aromatic N) is 1. The molecule has 1 amide bonds. The van der Waals surface area contributed by atoms with Crippen LogP contribution >= 0.6 is 0 Å². The summed E-state index contributed by atoms with van der Waals surface area (Å²) in [5, 5.41) is 9.61. The first-order valence-electron chi connectivity index (χ1n) is 8.17. The Morgan fingerprint density at radius 3 is 2.59 bits per heavy atom. The first kappa shape index (κ1) is 16.3. The summed E-state index contributed by atoms with van der Waals surface area (Å²) < 4.78 is 0. The monoisotopic (exact) mass is 302 g/mol. The summed E-state index contributed by atoms with van der Waals surface area (Å²) in [6.45, 7) is 4.01. The maximum Gasteiger partial charge on any atom is 0.251 e. The molecular formula is C17H26N4O. The van der Waals surface area contributed by atoms with Crippen LogP contribution in [0.2, 0.25) is 0 Å². The summed E-state index contributed by atoms with van der Waals surface area (Å²) >= 11 is 0. The molecular weight excluding hydrogens is 276 g/mol. The highest BCUT2D eigenvalue weighted by Gasteiger charge is 2.15. The zero-order valence-corrected chi connectivity index (χ0v) is 13.3. The Balaban J connectivity index is 1.74. The average molecular weight is 302 g/mol. The fraction of sp³-hybridized carbons (Fsp3) is 0.529. The zero-order valence-electron chi connectivity index (χ0n) is 13.3. The number of hydrogen-bond donors (Lipinski definition) is 3. The molecule has 0 atom stereocenters. The highest BCUT2D eigenvalue weighted by Crippen LogP contribution is 2.17. The Morgan fingerprint density at radius 1 is 1.18 bits per heavy atom. The molecule has 0 radical (unpaired) electrons. The number of guanidine groups is 1. The van der Waals surface area contributed by atoms with E-state index in [1.54, 1.807) is 0 Å². The number of nitrogens with one attached hydrogen (secondary N) is 3. The number of benzene rings is 1. The second kappa shape index (κ2) is 9.07.